The Morgan fingerprint density at radius 2 is 0.600 bits per heavy atom. The molecule has 2 aliphatic heterocycles. The second-order valence-corrected chi connectivity index (χ2v) is 50.9. The van der Waals surface area contributed by atoms with Gasteiger partial charge in [-0.3, -0.25) is 0 Å². The summed E-state index contributed by atoms with van der Waals surface area (Å²) in [5, 5.41) is 0. The van der Waals surface area contributed by atoms with Crippen LogP contribution < -0.4 is 0 Å². The van der Waals surface area contributed by atoms with Gasteiger partial charge < -0.3 is 0 Å². The summed E-state index contributed by atoms with van der Waals surface area (Å²) in [5.74, 6) is 19.6. The monoisotopic (exact) mass is 1140 g/mol. The maximum absolute atomic E-state index is 3.74. The van der Waals surface area contributed by atoms with Crippen molar-refractivity contribution in [2.45, 2.75) is 158 Å². The number of unbranched alkanes of at least 4 members (excludes halogenated alkanes) is 4. The van der Waals surface area contributed by atoms with Crippen molar-refractivity contribution in [2.75, 3.05) is 23.0 Å². The van der Waals surface area contributed by atoms with Gasteiger partial charge in [0.25, 0.3) is 0 Å². The normalized spacial score (nSPS) is 14.3. The summed E-state index contributed by atoms with van der Waals surface area (Å²) >= 11 is 16.0. The molecule has 0 bridgehead atoms. The molecule has 0 saturated carbocycles. The highest BCUT2D eigenvalue weighted by atomic mass is 32.3. The third kappa shape index (κ3) is 23.3. The fraction of sp³-hybridized carbons (Fsp3) is 0.483. The molecule has 70 heavy (non-hydrogen) atoms. The van der Waals surface area contributed by atoms with E-state index in [4.69, 9.17) is 0 Å². The highest BCUT2D eigenvalue weighted by Crippen LogP contribution is 2.59. The molecule has 12 heteroatoms. The first-order chi connectivity index (χ1) is 33.0. The number of rotatable bonds is 20. The predicted octanol–water partition coefficient (Wildman–Crippen LogP) is 20.7. The lowest BCUT2D eigenvalue weighted by Crippen LogP contribution is -2.16. The minimum atomic E-state index is -1.71. The molecule has 0 radical (unpaired) electrons. The number of benzene rings is 2. The van der Waals surface area contributed by atoms with Crippen molar-refractivity contribution in [1.29, 1.82) is 0 Å². The van der Waals surface area contributed by atoms with Crippen LogP contribution in [0.25, 0.3) is 24.3 Å². The van der Waals surface area contributed by atoms with Crippen LogP contribution in [0.4, 0.5) is 0 Å². The van der Waals surface area contributed by atoms with Gasteiger partial charge in [-0.05, 0) is 107 Å². The Kier molecular flexibility index (Phi) is 26.4. The van der Waals surface area contributed by atoms with Gasteiger partial charge in [0.2, 0.25) is 0 Å². The zero-order chi connectivity index (χ0) is 51.5. The van der Waals surface area contributed by atoms with Crippen LogP contribution in [0.3, 0.4) is 0 Å². The van der Waals surface area contributed by atoms with E-state index in [1.165, 1.54) is 99.8 Å². The molecular formula is C58H80S8Si4. The molecule has 0 aromatic heterocycles. The second kappa shape index (κ2) is 30.0. The minimum absolute atomic E-state index is 1.05. The van der Waals surface area contributed by atoms with Crippen molar-refractivity contribution in [3.05, 3.63) is 94.2 Å². The summed E-state index contributed by atoms with van der Waals surface area (Å²) in [6.45, 7) is 37.2. The van der Waals surface area contributed by atoms with E-state index in [1.54, 1.807) is 0 Å². The first-order valence-corrected chi connectivity index (χ1v) is 46.5. The number of hydrogen-bond donors (Lipinski definition) is 0. The summed E-state index contributed by atoms with van der Waals surface area (Å²) in [4.78, 5) is 0. The molecule has 2 aliphatic rings. The van der Waals surface area contributed by atoms with E-state index in [0.29, 0.717) is 0 Å². The topological polar surface area (TPSA) is 0 Å². The van der Waals surface area contributed by atoms with Crippen LogP contribution in [0.1, 0.15) is 124 Å². The number of thioether (sulfide) groups is 8. The Hall–Kier alpha value is -0.952. The molecule has 0 nitrogen and oxygen atoms in total. The van der Waals surface area contributed by atoms with E-state index >= 15 is 0 Å². The summed E-state index contributed by atoms with van der Waals surface area (Å²) < 4.78 is 8.54. The Morgan fingerprint density at radius 3 is 0.829 bits per heavy atom. The van der Waals surface area contributed by atoms with Crippen LogP contribution in [-0.4, -0.2) is 55.3 Å². The molecule has 0 N–H and O–H groups in total. The average molecular weight is 1150 g/mol. The molecule has 0 amide bonds. The first-order valence-electron chi connectivity index (χ1n) is 25.3. The standard InChI is InChI=1S/C58H80S8Si4/c1-17-21-31-59-55-56(60-32-22-18-2)64-53(63-55)43-51-41-47(27-35-67(5,6)7)45(39-49(51)29-37-69(11,12)13)25-26-46-40-50(30-38-70(14,15)16)52(42-48(46)28-36-68(8,9)10)44-54-65-57(61-33-23-19-3)58(66-54)62-34-24-20-4/h25-26,39-44H,17-24,31-34H2,1-16H3/b26-25+. The van der Waals surface area contributed by atoms with Gasteiger partial charge in [0.15, 0.2) is 0 Å². The van der Waals surface area contributed by atoms with Crippen LogP contribution in [-0.2, 0) is 0 Å². The highest BCUT2D eigenvalue weighted by molar-refractivity contribution is 8.41. The van der Waals surface area contributed by atoms with Crippen LogP contribution in [0.2, 0.25) is 78.6 Å². The van der Waals surface area contributed by atoms with E-state index in [9.17, 15) is 0 Å². The second-order valence-electron chi connectivity index (χ2n) is 21.7. The molecule has 0 saturated heterocycles. The third-order valence-corrected chi connectivity index (χ3v) is 24.4. The quantitative estimate of drug-likeness (QED) is 0.0550. The van der Waals surface area contributed by atoms with Crippen molar-refractivity contribution in [1.82, 2.24) is 0 Å². The van der Waals surface area contributed by atoms with E-state index in [2.05, 4.69) is 201 Å². The molecule has 376 valence electrons. The van der Waals surface area contributed by atoms with Gasteiger partial charge in [-0.1, -0.05) is 215 Å². The minimum Gasteiger partial charge on any atom is -0.127 e. The van der Waals surface area contributed by atoms with Crippen molar-refractivity contribution in [3.8, 4) is 45.9 Å². The van der Waals surface area contributed by atoms with Gasteiger partial charge >= 0.3 is 0 Å². The summed E-state index contributed by atoms with van der Waals surface area (Å²) in [6, 6.07) is 9.31. The zero-order valence-electron chi connectivity index (χ0n) is 45.4. The lowest BCUT2D eigenvalue weighted by Gasteiger charge is -2.11. The van der Waals surface area contributed by atoms with Crippen LogP contribution in [0.15, 0.2) is 49.7 Å². The van der Waals surface area contributed by atoms with Gasteiger partial charge in [0, 0.05) is 22.3 Å². The fourth-order valence-electron chi connectivity index (χ4n) is 5.95. The largest absolute Gasteiger partial charge is 0.129 e. The van der Waals surface area contributed by atoms with E-state index in [1.807, 2.05) is 94.1 Å². The van der Waals surface area contributed by atoms with E-state index < -0.39 is 32.3 Å². The molecule has 0 fully saturated rings. The molecule has 4 rings (SSSR count). The maximum atomic E-state index is 3.74. The first kappa shape index (κ1) is 61.6. The van der Waals surface area contributed by atoms with Gasteiger partial charge in [0.05, 0.1) is 25.4 Å². The molecule has 2 aromatic carbocycles. The van der Waals surface area contributed by atoms with Crippen LogP contribution >= 0.6 is 94.1 Å². The Labute approximate surface area is 466 Å². The van der Waals surface area contributed by atoms with Gasteiger partial charge in [-0.2, -0.15) is 0 Å². The molecule has 0 unspecified atom stereocenters. The summed E-state index contributed by atoms with van der Waals surface area (Å²) in [6.07, 6.45) is 19.2. The Morgan fingerprint density at radius 1 is 0.371 bits per heavy atom. The van der Waals surface area contributed by atoms with Gasteiger partial charge in [0.1, 0.15) is 32.3 Å². The zero-order valence-corrected chi connectivity index (χ0v) is 55.9. The molecular weight excluding hydrogens is 1070 g/mol. The Balaban J connectivity index is 1.95. The highest BCUT2D eigenvalue weighted by Gasteiger charge is 2.25. The van der Waals surface area contributed by atoms with Crippen LogP contribution in [0.5, 0.6) is 0 Å². The SMILES string of the molecule is CCCCSC1=C(SCCCC)SC(=Cc2cc(C#C[Si](C)(C)C)c(/C=C/c3cc(C#C[Si](C)(C)C)c(C=C4SC(SCCCC)=C(SCCCC)S4)cc3C#C[Si](C)(C)C)cc2C#C[Si](C)(C)C)S1. The lowest BCUT2D eigenvalue weighted by molar-refractivity contribution is 0.897. The third-order valence-electron chi connectivity index (χ3n) is 9.75. The molecule has 2 heterocycles. The van der Waals surface area contributed by atoms with Crippen molar-refractivity contribution in [3.63, 3.8) is 0 Å². The van der Waals surface area contributed by atoms with Gasteiger partial charge in [-0.25, -0.2) is 0 Å². The van der Waals surface area contributed by atoms with Crippen LogP contribution in [0, 0.1) is 45.9 Å². The molecule has 2 aromatic rings. The van der Waals surface area contributed by atoms with Crippen molar-refractivity contribution >= 4 is 151 Å². The number of hydrogen-bond acceptors (Lipinski definition) is 8. The molecule has 0 spiro atoms. The van der Waals surface area contributed by atoms with E-state index in [0.717, 1.165) is 44.5 Å². The van der Waals surface area contributed by atoms with Crippen molar-refractivity contribution < 1.29 is 0 Å². The average Bonchev–Trinajstić information content (AvgIpc) is 3.84. The molecule has 0 atom stereocenters. The summed E-state index contributed by atoms with van der Waals surface area (Å²) in [7, 11) is -6.81. The summed E-state index contributed by atoms with van der Waals surface area (Å²) in [5.41, 5.74) is 23.7. The fourth-order valence-corrected chi connectivity index (χ4v) is 20.1. The maximum Gasteiger partial charge on any atom is 0.129 e. The smallest absolute Gasteiger partial charge is 0.127 e. The molecule has 0 aliphatic carbocycles. The van der Waals surface area contributed by atoms with Crippen molar-refractivity contribution in [2.24, 2.45) is 0 Å². The predicted molar refractivity (Wildman–Crippen MR) is 353 cm³/mol. The van der Waals surface area contributed by atoms with E-state index in [-0.39, 0.29) is 0 Å². The lowest BCUT2D eigenvalue weighted by atomic mass is 9.95. The van der Waals surface area contributed by atoms with Gasteiger partial charge in [-0.15, -0.1) is 69.2 Å². The Bertz CT molecular complexity index is 2340.